The minimum atomic E-state index is -0.560. The number of rotatable bonds is 9. The van der Waals surface area contributed by atoms with Crippen LogP contribution < -0.4 is 0 Å². The van der Waals surface area contributed by atoms with Crippen molar-refractivity contribution in [1.29, 1.82) is 0 Å². The number of hydrogen-bond acceptors (Lipinski definition) is 8. The number of aryl methyl sites for hydroxylation is 2. The first-order valence-electron chi connectivity index (χ1n) is 24.3. The molecule has 2 aromatic heterocycles. The number of allylic oxidation sites excluding steroid dienone is 4. The molecule has 2 atom stereocenters. The maximum atomic E-state index is 14.1. The molecule has 0 saturated carbocycles. The minimum Gasteiger partial charge on any atom is -0.455 e. The van der Waals surface area contributed by atoms with Gasteiger partial charge in [-0.15, -0.1) is 0 Å². The van der Waals surface area contributed by atoms with Gasteiger partial charge in [-0.3, -0.25) is 9.59 Å². The van der Waals surface area contributed by atoms with Crippen LogP contribution in [0.25, 0.3) is 11.5 Å². The smallest absolute Gasteiger partial charge is 0.185 e. The van der Waals surface area contributed by atoms with Gasteiger partial charge >= 0.3 is 0 Å². The zero-order valence-corrected chi connectivity index (χ0v) is 41.5. The molecular weight excluding hydrogens is 817 g/mol. The van der Waals surface area contributed by atoms with E-state index < -0.39 is 12.1 Å². The first-order chi connectivity index (χ1) is 31.1. The fourth-order valence-electron chi connectivity index (χ4n) is 10.1. The first-order valence-corrected chi connectivity index (χ1v) is 24.3. The summed E-state index contributed by atoms with van der Waals surface area (Å²) in [6.07, 6.45) is 17.0. The molecule has 0 saturated heterocycles. The third kappa shape index (κ3) is 9.80. The van der Waals surface area contributed by atoms with E-state index in [0.29, 0.717) is 23.0 Å². The fourth-order valence-corrected chi connectivity index (χ4v) is 10.1. The van der Waals surface area contributed by atoms with E-state index in [9.17, 15) is 9.59 Å². The molecule has 8 heteroatoms. The Morgan fingerprint density at radius 3 is 1.12 bits per heavy atom. The normalized spacial score (nSPS) is 19.1. The number of ketones is 2. The molecule has 0 bridgehead atoms. The maximum absolute atomic E-state index is 14.1. The van der Waals surface area contributed by atoms with Crippen molar-refractivity contribution in [1.82, 2.24) is 0 Å². The summed E-state index contributed by atoms with van der Waals surface area (Å²) in [5.74, 6) is 1.90. The lowest BCUT2D eigenvalue weighted by Crippen LogP contribution is -2.30. The predicted molar refractivity (Wildman–Crippen MR) is 264 cm³/mol. The molecule has 4 aliphatic rings. The molecule has 66 heavy (non-hydrogen) atoms. The van der Waals surface area contributed by atoms with E-state index in [2.05, 4.69) is 144 Å². The lowest BCUT2D eigenvalue weighted by atomic mass is 9.69. The summed E-state index contributed by atoms with van der Waals surface area (Å²) in [6, 6.07) is 19.4. The third-order valence-corrected chi connectivity index (χ3v) is 13.8. The Morgan fingerprint density at radius 1 is 0.455 bits per heavy atom. The van der Waals surface area contributed by atoms with Gasteiger partial charge in [0.05, 0.1) is 11.4 Å². The van der Waals surface area contributed by atoms with Crippen LogP contribution in [0, 0.1) is 33.5 Å². The summed E-state index contributed by atoms with van der Waals surface area (Å²) in [5, 5.41) is 20.2. The van der Waals surface area contributed by atoms with Crippen molar-refractivity contribution in [2.24, 2.45) is 54.0 Å². The van der Waals surface area contributed by atoms with Gasteiger partial charge in [0.15, 0.2) is 23.1 Å². The molecule has 8 rings (SSSR count). The number of carbonyl (C=O) groups is 2. The SMILES string of the molecule is CC(C)(C)C1=CC(C(/N=N/c2cccc3c2CCCC3)c2ccc(-c3ccc(C(/N=N/c4cccc5c4CCCC5)C4C=C(C(C)(C)C)C(=O)C(C(C)(C)C)=C4)o3)o2)C=C(C(C)(C)C)C1=O. The van der Waals surface area contributed by atoms with Gasteiger partial charge in [-0.1, -0.05) is 132 Å². The Morgan fingerprint density at radius 2 is 0.788 bits per heavy atom. The van der Waals surface area contributed by atoms with Crippen LogP contribution in [0.4, 0.5) is 11.4 Å². The van der Waals surface area contributed by atoms with Crippen LogP contribution in [-0.4, -0.2) is 11.6 Å². The van der Waals surface area contributed by atoms with Crippen LogP contribution in [0.15, 0.2) is 137 Å². The van der Waals surface area contributed by atoms with Gasteiger partial charge in [-0.05, 0) is 132 Å². The van der Waals surface area contributed by atoms with Gasteiger partial charge in [-0.25, -0.2) is 0 Å². The van der Waals surface area contributed by atoms with Gasteiger partial charge in [0.25, 0.3) is 0 Å². The molecule has 2 aromatic carbocycles. The number of carbonyl (C=O) groups excluding carboxylic acids is 2. The summed E-state index contributed by atoms with van der Waals surface area (Å²) in [5.41, 5.74) is 8.53. The van der Waals surface area contributed by atoms with Crippen molar-refractivity contribution in [2.45, 2.75) is 147 Å². The van der Waals surface area contributed by atoms with E-state index in [1.54, 1.807) is 0 Å². The average molecular weight is 887 g/mol. The summed E-state index contributed by atoms with van der Waals surface area (Å²) in [4.78, 5) is 28.2. The highest BCUT2D eigenvalue weighted by Gasteiger charge is 2.40. The molecule has 346 valence electrons. The number of Topliss-reactive ketones (excluding diaryl/α,β-unsaturated/α-hetero) is 2. The standard InChI is InChI=1S/C58H70N4O4/c1-55(2,3)41-31-37(32-42(53(41)63)56(4,5)6)51(61-59-45-25-17-21-35-19-13-15-23-39(35)45)49-29-27-47(65-49)48-28-30-50(66-48)52(62-60-46-26-18-22-36-20-14-16-24-40(36)46)38-33-43(57(7,8)9)54(64)44(34-38)58(10,11)12/h17-18,21-22,25-34,37-38,51-52H,13-16,19-20,23-24H2,1-12H3/b61-59+,62-60+. The number of nitrogens with zero attached hydrogens (tertiary/aromatic N) is 4. The molecule has 0 N–H and O–H groups in total. The molecule has 8 nitrogen and oxygen atoms in total. The molecule has 0 amide bonds. The monoisotopic (exact) mass is 887 g/mol. The lowest BCUT2D eigenvalue weighted by molar-refractivity contribution is -0.115. The van der Waals surface area contributed by atoms with Crippen LogP contribution in [-0.2, 0) is 35.3 Å². The Bertz CT molecular complexity index is 2450. The van der Waals surface area contributed by atoms with Crippen molar-refractivity contribution < 1.29 is 18.4 Å². The van der Waals surface area contributed by atoms with E-state index in [-0.39, 0.29) is 45.1 Å². The Hall–Kier alpha value is -5.50. The van der Waals surface area contributed by atoms with Gasteiger partial charge in [0, 0.05) is 34.1 Å². The predicted octanol–water partition coefficient (Wildman–Crippen LogP) is 16.2. The summed E-state index contributed by atoms with van der Waals surface area (Å²) < 4.78 is 13.6. The van der Waals surface area contributed by atoms with E-state index in [1.807, 2.05) is 24.3 Å². The van der Waals surface area contributed by atoms with E-state index in [1.165, 1.54) is 35.1 Å². The van der Waals surface area contributed by atoms with Crippen LogP contribution in [0.5, 0.6) is 0 Å². The third-order valence-electron chi connectivity index (χ3n) is 13.8. The zero-order chi connectivity index (χ0) is 47.3. The zero-order valence-electron chi connectivity index (χ0n) is 41.5. The number of furan rings is 2. The van der Waals surface area contributed by atoms with Crippen molar-refractivity contribution in [2.75, 3.05) is 0 Å². The quantitative estimate of drug-likeness (QED) is 0.156. The largest absolute Gasteiger partial charge is 0.455 e. The van der Waals surface area contributed by atoms with Crippen LogP contribution >= 0.6 is 0 Å². The maximum Gasteiger partial charge on any atom is 0.185 e. The first kappa shape index (κ1) is 47.0. The Kier molecular flexibility index (Phi) is 12.8. The topological polar surface area (TPSA) is 110 Å². The van der Waals surface area contributed by atoms with Crippen LogP contribution in [0.3, 0.4) is 0 Å². The van der Waals surface area contributed by atoms with Crippen molar-refractivity contribution in [3.8, 4) is 11.5 Å². The number of hydrogen-bond donors (Lipinski definition) is 0. The van der Waals surface area contributed by atoms with Crippen molar-refractivity contribution in [3.05, 3.63) is 141 Å². The highest BCUT2D eigenvalue weighted by molar-refractivity contribution is 6.11. The summed E-state index contributed by atoms with van der Waals surface area (Å²) in [7, 11) is 0. The molecular formula is C58H70N4O4. The molecule has 2 unspecified atom stereocenters. The van der Waals surface area contributed by atoms with Gasteiger partial charge in [0.1, 0.15) is 23.6 Å². The highest BCUT2D eigenvalue weighted by atomic mass is 16.4. The van der Waals surface area contributed by atoms with Crippen LogP contribution in [0.1, 0.15) is 155 Å². The molecule has 0 aliphatic heterocycles. The minimum absolute atomic E-state index is 0.0810. The molecule has 0 spiro atoms. The number of benzene rings is 2. The molecule has 4 aromatic rings. The lowest BCUT2D eigenvalue weighted by Gasteiger charge is -2.34. The second-order valence-corrected chi connectivity index (χ2v) is 23.1. The van der Waals surface area contributed by atoms with Gasteiger partial charge in [-0.2, -0.15) is 20.5 Å². The second-order valence-electron chi connectivity index (χ2n) is 23.1. The highest BCUT2D eigenvalue weighted by Crippen LogP contribution is 2.47. The summed E-state index contributed by atoms with van der Waals surface area (Å²) in [6.45, 7) is 25.1. The van der Waals surface area contributed by atoms with E-state index in [0.717, 1.165) is 72.2 Å². The van der Waals surface area contributed by atoms with Gasteiger partial charge in [0.2, 0.25) is 0 Å². The van der Waals surface area contributed by atoms with Crippen molar-refractivity contribution >= 4 is 22.9 Å². The number of fused-ring (bicyclic) bond motifs is 2. The van der Waals surface area contributed by atoms with Crippen LogP contribution in [0.2, 0.25) is 0 Å². The fraction of sp³-hybridized carbons (Fsp3) is 0.483. The second kappa shape index (κ2) is 18.0. The molecule has 0 radical (unpaired) electrons. The van der Waals surface area contributed by atoms with E-state index in [4.69, 9.17) is 29.3 Å². The Balaban J connectivity index is 1.22. The molecule has 4 aliphatic carbocycles. The van der Waals surface area contributed by atoms with E-state index >= 15 is 0 Å². The van der Waals surface area contributed by atoms with Gasteiger partial charge < -0.3 is 8.83 Å². The Labute approximate surface area is 392 Å². The molecule has 2 heterocycles. The average Bonchev–Trinajstić information content (AvgIpc) is 3.94. The van der Waals surface area contributed by atoms with Crippen molar-refractivity contribution in [3.63, 3.8) is 0 Å². The number of azo groups is 2. The summed E-state index contributed by atoms with van der Waals surface area (Å²) >= 11 is 0. The molecule has 0 fully saturated rings.